The lowest BCUT2D eigenvalue weighted by Crippen LogP contribution is -2.05. The van der Waals surface area contributed by atoms with Crippen molar-refractivity contribution in [1.82, 2.24) is 4.90 Å². The average molecular weight is 73.1 g/mol. The maximum atomic E-state index is 6.26. The van der Waals surface area contributed by atoms with Gasteiger partial charge in [-0.2, -0.15) is 0 Å². The molecule has 0 aliphatic rings. The predicted octanol–water partition coefficient (Wildman–Crippen LogP) is 0.155. The number of nitrogens with one attached hydrogen (secondary N) is 1. The van der Waals surface area contributed by atoms with Gasteiger partial charge >= 0.3 is 0 Å². The van der Waals surface area contributed by atoms with Gasteiger partial charge in [-0.15, -0.1) is 0 Å². The van der Waals surface area contributed by atoms with Crippen LogP contribution < -0.4 is 0 Å². The zero-order chi connectivity index (χ0) is 4.99. The van der Waals surface area contributed by atoms with Crippen molar-refractivity contribution in [2.75, 3.05) is 14.1 Å². The van der Waals surface area contributed by atoms with Crippen LogP contribution in [0.15, 0.2) is 0 Å². The molecule has 0 radical (unpaired) electrons. The van der Waals surface area contributed by atoms with Crippen molar-refractivity contribution < 1.29 is 1.41 Å². The van der Waals surface area contributed by atoms with Gasteiger partial charge in [-0.25, -0.2) is 0 Å². The largest absolute Gasteiger partial charge is 0.369 e. The second-order valence-corrected chi connectivity index (χ2v) is 1.08. The van der Waals surface area contributed by atoms with Crippen LogP contribution in [0.5, 0.6) is 0 Å². The van der Waals surface area contributed by atoms with Crippen LogP contribution in [-0.4, -0.2) is 25.3 Å². The Bertz CT molecular complexity index is 50.8. The summed E-state index contributed by atoms with van der Waals surface area (Å²) in [4.78, 5) is 1.70. The molecule has 0 atom stereocenters. The lowest BCUT2D eigenvalue weighted by molar-refractivity contribution is 0.639. The summed E-state index contributed by atoms with van der Waals surface area (Å²) in [6, 6.07) is 0. The molecule has 2 heteroatoms. The quantitative estimate of drug-likeness (QED) is 0.347. The monoisotopic (exact) mass is 73.1 g/mol. The van der Waals surface area contributed by atoms with Gasteiger partial charge in [-0.3, -0.25) is 5.40 Å². The highest BCUT2D eigenvalue weighted by molar-refractivity contribution is 5.49. The van der Waals surface area contributed by atoms with Crippen LogP contribution in [-0.2, 0) is 0 Å². The molecular formula is C3H8N2. The zero-order valence-electron chi connectivity index (χ0n) is 4.47. The van der Waals surface area contributed by atoms with Crippen LogP contribution in [0.25, 0.3) is 0 Å². The highest BCUT2D eigenvalue weighted by atomic mass is 15.1. The molecule has 30 valence electrons. The number of nitrogens with zero attached hydrogens (tertiary/aromatic N) is 1. The van der Waals surface area contributed by atoms with Crippen molar-refractivity contribution in [1.29, 1.82) is 5.40 Å². The summed E-state index contributed by atoms with van der Waals surface area (Å²) in [6.07, 6.45) is 1.42. The van der Waals surface area contributed by atoms with E-state index in [1.807, 2.05) is 14.1 Å². The molecule has 0 aliphatic heterocycles. The van der Waals surface area contributed by atoms with Gasteiger partial charge in [-0.05, 0) is 0 Å². The fourth-order valence-electron chi connectivity index (χ4n) is 0. The van der Waals surface area contributed by atoms with Crippen molar-refractivity contribution in [3.8, 4) is 0 Å². The Hall–Kier alpha value is -0.530. The van der Waals surface area contributed by atoms with E-state index in [0.29, 0.717) is 0 Å². The lowest BCUT2D eigenvalue weighted by Gasteiger charge is -1.96. The molecule has 0 rings (SSSR count). The SMILES string of the molecule is [2H]N=CN(C)C. The third kappa shape index (κ3) is 3.47. The molecule has 0 aromatic heterocycles. The summed E-state index contributed by atoms with van der Waals surface area (Å²) < 4.78 is 6.26. The maximum Gasteiger partial charge on any atom is 0.189 e. The topological polar surface area (TPSA) is 27.1 Å². The Morgan fingerprint density at radius 3 is 2.60 bits per heavy atom. The van der Waals surface area contributed by atoms with E-state index in [4.69, 9.17) is 1.41 Å². The van der Waals surface area contributed by atoms with Gasteiger partial charge in [-0.1, -0.05) is 0 Å². The first-order valence-corrected chi connectivity index (χ1v) is 1.41. The summed E-state index contributed by atoms with van der Waals surface area (Å²) in [5.41, 5.74) is 0. The molecule has 0 aliphatic carbocycles. The molecule has 0 amide bonds. The summed E-state index contributed by atoms with van der Waals surface area (Å²) in [5.74, 6) is 0. The Labute approximate surface area is 33.4 Å². The minimum absolute atomic E-state index is 1.42. The van der Waals surface area contributed by atoms with Crippen molar-refractivity contribution in [3.63, 3.8) is 0 Å². The molecule has 0 bridgehead atoms. The molecule has 1 N–H and O–H groups in total. The fraction of sp³-hybridized carbons (Fsp3) is 0.667. The Balaban J connectivity index is 3.03. The normalized spacial score (nSPS) is 12.0. The van der Waals surface area contributed by atoms with E-state index in [9.17, 15) is 0 Å². The van der Waals surface area contributed by atoms with Crippen LogP contribution in [0.4, 0.5) is 0 Å². The third-order valence-corrected chi connectivity index (χ3v) is 0.231. The first kappa shape index (κ1) is 2.69. The highest BCUT2D eigenvalue weighted by Gasteiger charge is 1.64. The molecule has 0 saturated carbocycles. The third-order valence-electron chi connectivity index (χ3n) is 0.231. The molecule has 0 fully saturated rings. The van der Waals surface area contributed by atoms with Crippen LogP contribution >= 0.6 is 0 Å². The maximum absolute atomic E-state index is 6.26. The average Bonchev–Trinajstić information content (AvgIpc) is 1.35. The van der Waals surface area contributed by atoms with Crippen LogP contribution in [0.3, 0.4) is 0 Å². The molecule has 0 unspecified atom stereocenters. The number of hydrogen-bond donors (Lipinski definition) is 1. The predicted molar refractivity (Wildman–Crippen MR) is 22.5 cm³/mol. The molecule has 0 spiro atoms. The Morgan fingerprint density at radius 2 is 2.60 bits per heavy atom. The second kappa shape index (κ2) is 1.76. The fourth-order valence-corrected chi connectivity index (χ4v) is 0. The van der Waals surface area contributed by atoms with E-state index in [2.05, 4.69) is 5.40 Å². The van der Waals surface area contributed by atoms with Crippen molar-refractivity contribution >= 4 is 6.34 Å². The van der Waals surface area contributed by atoms with Gasteiger partial charge in [0.25, 0.3) is 0 Å². The Morgan fingerprint density at radius 1 is 2.00 bits per heavy atom. The molecule has 0 saturated heterocycles. The standard InChI is InChI=1S/C3H8N2/c1-5(2)3-4/h3-4H,1-2H3/i/hD. The summed E-state index contributed by atoms with van der Waals surface area (Å²) >= 11 is 0. The molecule has 2 nitrogen and oxygen atoms in total. The highest BCUT2D eigenvalue weighted by Crippen LogP contribution is 1.53. The van der Waals surface area contributed by atoms with Gasteiger partial charge < -0.3 is 4.90 Å². The van der Waals surface area contributed by atoms with Gasteiger partial charge in [0, 0.05) is 14.1 Å². The van der Waals surface area contributed by atoms with Gasteiger partial charge in [0.1, 0.15) is 0 Å². The number of rotatable bonds is 1. The van der Waals surface area contributed by atoms with Gasteiger partial charge in [0.2, 0.25) is 0 Å². The zero-order valence-corrected chi connectivity index (χ0v) is 3.47. The van der Waals surface area contributed by atoms with E-state index < -0.39 is 0 Å². The van der Waals surface area contributed by atoms with Crippen molar-refractivity contribution in [3.05, 3.63) is 0 Å². The minimum Gasteiger partial charge on any atom is -0.369 e. The van der Waals surface area contributed by atoms with Crippen LogP contribution in [0, 0.1) is 5.40 Å². The van der Waals surface area contributed by atoms with Crippen molar-refractivity contribution in [2.24, 2.45) is 0 Å². The minimum atomic E-state index is 1.42. The van der Waals surface area contributed by atoms with Gasteiger partial charge in [0.15, 0.2) is 1.41 Å². The second-order valence-electron chi connectivity index (χ2n) is 1.08. The van der Waals surface area contributed by atoms with Crippen molar-refractivity contribution in [2.45, 2.75) is 0 Å². The summed E-state index contributed by atoms with van der Waals surface area (Å²) in [6.45, 7) is 0. The van der Waals surface area contributed by atoms with E-state index in [-0.39, 0.29) is 0 Å². The van der Waals surface area contributed by atoms with Crippen LogP contribution in [0.1, 0.15) is 0 Å². The molecule has 0 aromatic rings. The van der Waals surface area contributed by atoms with Gasteiger partial charge in [0.05, 0.1) is 6.34 Å². The van der Waals surface area contributed by atoms with E-state index in [1.54, 1.807) is 4.90 Å². The number of hydrogen-bond acceptors (Lipinski definition) is 1. The molecule has 0 aromatic carbocycles. The Kier molecular flexibility index (Phi) is 0.947. The van der Waals surface area contributed by atoms with E-state index in [0.717, 1.165) is 0 Å². The van der Waals surface area contributed by atoms with E-state index >= 15 is 0 Å². The smallest absolute Gasteiger partial charge is 0.189 e. The van der Waals surface area contributed by atoms with Crippen LogP contribution in [0.2, 0.25) is 1.41 Å². The first-order chi connectivity index (χ1) is 2.77. The molecule has 0 heterocycles. The summed E-state index contributed by atoms with van der Waals surface area (Å²) in [7, 11) is 3.64. The molecular weight excluding hydrogens is 64.0 g/mol. The molecule has 5 heavy (non-hydrogen) atoms. The lowest BCUT2D eigenvalue weighted by atomic mass is 11.0. The van der Waals surface area contributed by atoms with E-state index in [1.165, 1.54) is 6.34 Å². The summed E-state index contributed by atoms with van der Waals surface area (Å²) in [5, 5.41) is 2.99. The first-order valence-electron chi connectivity index (χ1n) is 1.86.